The molecule has 1 N–H and O–H groups in total. The largest absolute Gasteiger partial charge is 0.464 e. The van der Waals surface area contributed by atoms with Gasteiger partial charge in [-0.1, -0.05) is 0 Å². The van der Waals surface area contributed by atoms with Crippen molar-refractivity contribution in [3.05, 3.63) is 17.8 Å². The summed E-state index contributed by atoms with van der Waals surface area (Å²) in [4.78, 5) is 11.2. The van der Waals surface area contributed by atoms with Crippen LogP contribution < -0.4 is 5.32 Å². The summed E-state index contributed by atoms with van der Waals surface area (Å²) in [5, 5.41) is 10.9. The minimum atomic E-state index is -0.485. The Morgan fingerprint density at radius 1 is 1.39 bits per heavy atom. The monoisotopic (exact) mass is 251 g/mol. The van der Waals surface area contributed by atoms with Crippen LogP contribution in [-0.2, 0) is 9.47 Å². The number of nitrogens with one attached hydrogen (secondary N) is 1. The van der Waals surface area contributed by atoms with Gasteiger partial charge in [-0.05, 0) is 31.4 Å². The second kappa shape index (κ2) is 5.30. The molecule has 1 aliphatic carbocycles. The summed E-state index contributed by atoms with van der Waals surface area (Å²) >= 11 is 0. The van der Waals surface area contributed by atoms with E-state index in [1.54, 1.807) is 19.2 Å². The van der Waals surface area contributed by atoms with E-state index in [0.717, 1.165) is 12.8 Å². The minimum absolute atomic E-state index is 0.0668. The molecule has 0 saturated heterocycles. The molecule has 0 unspecified atom stereocenters. The zero-order valence-electron chi connectivity index (χ0n) is 10.6. The smallest absolute Gasteiger partial charge is 0.358 e. The highest BCUT2D eigenvalue weighted by atomic mass is 16.5. The number of aromatic nitrogens is 2. The molecule has 98 valence electrons. The first-order valence-corrected chi connectivity index (χ1v) is 5.90. The lowest BCUT2D eigenvalue weighted by Gasteiger charge is -2.40. The highest BCUT2D eigenvalue weighted by Crippen LogP contribution is 2.34. The Bertz CT molecular complexity index is 410. The Kier molecular flexibility index (Phi) is 3.76. The molecule has 0 atom stereocenters. The van der Waals surface area contributed by atoms with E-state index in [9.17, 15) is 4.79 Å². The average Bonchev–Trinajstić information content (AvgIpc) is 2.38. The van der Waals surface area contributed by atoms with Crippen molar-refractivity contribution in [2.45, 2.75) is 24.9 Å². The molecule has 6 heteroatoms. The number of methoxy groups -OCH3 is 2. The minimum Gasteiger partial charge on any atom is -0.464 e. The van der Waals surface area contributed by atoms with Gasteiger partial charge in [-0.25, -0.2) is 4.79 Å². The van der Waals surface area contributed by atoms with Crippen molar-refractivity contribution in [3.63, 3.8) is 0 Å². The van der Waals surface area contributed by atoms with E-state index >= 15 is 0 Å². The first-order chi connectivity index (χ1) is 8.69. The molecule has 1 heterocycles. The van der Waals surface area contributed by atoms with Crippen LogP contribution in [0.5, 0.6) is 0 Å². The number of hydrogen-bond acceptors (Lipinski definition) is 6. The molecule has 0 amide bonds. The van der Waals surface area contributed by atoms with Crippen LogP contribution in [0.1, 0.15) is 29.8 Å². The van der Waals surface area contributed by atoms with Crippen LogP contribution in [0.3, 0.4) is 0 Å². The third-order valence-corrected chi connectivity index (χ3v) is 3.35. The van der Waals surface area contributed by atoms with Crippen LogP contribution in [0.25, 0.3) is 0 Å². The second-order valence-electron chi connectivity index (χ2n) is 4.39. The maximum absolute atomic E-state index is 11.2. The van der Waals surface area contributed by atoms with Gasteiger partial charge in [-0.2, -0.15) is 0 Å². The fourth-order valence-corrected chi connectivity index (χ4v) is 1.92. The molecule has 0 aromatic carbocycles. The van der Waals surface area contributed by atoms with Crippen molar-refractivity contribution in [3.8, 4) is 0 Å². The van der Waals surface area contributed by atoms with Crippen LogP contribution in [0.4, 0.5) is 5.82 Å². The Morgan fingerprint density at radius 2 is 2.17 bits per heavy atom. The first-order valence-electron chi connectivity index (χ1n) is 5.90. The van der Waals surface area contributed by atoms with Crippen molar-refractivity contribution >= 4 is 11.8 Å². The molecule has 18 heavy (non-hydrogen) atoms. The second-order valence-corrected chi connectivity index (χ2v) is 4.39. The van der Waals surface area contributed by atoms with Crippen LogP contribution in [-0.4, -0.2) is 42.5 Å². The SMILES string of the molecule is COC(=O)c1ccc(NCC2(OC)CCC2)nn1. The number of anilines is 1. The first kappa shape index (κ1) is 12.8. The zero-order valence-corrected chi connectivity index (χ0v) is 10.6. The highest BCUT2D eigenvalue weighted by Gasteiger charge is 2.36. The molecule has 2 rings (SSSR count). The lowest BCUT2D eigenvalue weighted by molar-refractivity contribution is -0.0601. The highest BCUT2D eigenvalue weighted by molar-refractivity contribution is 5.86. The molecule has 1 aromatic heterocycles. The molecule has 6 nitrogen and oxygen atoms in total. The predicted molar refractivity (Wildman–Crippen MR) is 65.5 cm³/mol. The molecule has 1 aliphatic rings. The van der Waals surface area contributed by atoms with Crippen LogP contribution in [0, 0.1) is 0 Å². The summed E-state index contributed by atoms with van der Waals surface area (Å²) < 4.78 is 10.0. The number of nitrogens with zero attached hydrogens (tertiary/aromatic N) is 2. The van der Waals surface area contributed by atoms with Gasteiger partial charge < -0.3 is 14.8 Å². The maximum atomic E-state index is 11.2. The maximum Gasteiger partial charge on any atom is 0.358 e. The van der Waals surface area contributed by atoms with Gasteiger partial charge >= 0.3 is 5.97 Å². The number of esters is 1. The predicted octanol–water partition coefficient (Wildman–Crippen LogP) is 1.24. The summed E-state index contributed by atoms with van der Waals surface area (Å²) in [7, 11) is 3.04. The number of carbonyl (C=O) groups excluding carboxylic acids is 1. The lowest BCUT2D eigenvalue weighted by atomic mass is 9.80. The molecular formula is C12H17N3O3. The third-order valence-electron chi connectivity index (χ3n) is 3.35. The van der Waals surface area contributed by atoms with Crippen molar-refractivity contribution in [2.24, 2.45) is 0 Å². The molecule has 0 spiro atoms. The molecule has 0 aliphatic heterocycles. The number of hydrogen-bond donors (Lipinski definition) is 1. The van der Waals surface area contributed by atoms with Crippen LogP contribution in [0.15, 0.2) is 12.1 Å². The summed E-state index contributed by atoms with van der Waals surface area (Å²) in [6, 6.07) is 3.29. The average molecular weight is 251 g/mol. The zero-order chi connectivity index (χ0) is 13.0. The number of ether oxygens (including phenoxy) is 2. The standard InChI is InChI=1S/C12H17N3O3/c1-17-11(16)9-4-5-10(15-14-9)13-8-12(18-2)6-3-7-12/h4-5H,3,6-8H2,1-2H3,(H,13,15). The fourth-order valence-electron chi connectivity index (χ4n) is 1.92. The van der Waals surface area contributed by atoms with Gasteiger partial charge in [0.05, 0.1) is 12.7 Å². The number of carbonyl (C=O) groups is 1. The Morgan fingerprint density at radius 3 is 2.61 bits per heavy atom. The van der Waals surface area contributed by atoms with Gasteiger partial charge in [0.15, 0.2) is 5.69 Å². The van der Waals surface area contributed by atoms with Crippen molar-refractivity contribution < 1.29 is 14.3 Å². The van der Waals surface area contributed by atoms with E-state index in [1.165, 1.54) is 13.5 Å². The fraction of sp³-hybridized carbons (Fsp3) is 0.583. The third kappa shape index (κ3) is 2.59. The molecule has 0 bridgehead atoms. The quantitative estimate of drug-likeness (QED) is 0.794. The van der Waals surface area contributed by atoms with Gasteiger partial charge in [0, 0.05) is 13.7 Å². The number of rotatable bonds is 5. The van der Waals surface area contributed by atoms with E-state index in [4.69, 9.17) is 4.74 Å². The molecule has 1 saturated carbocycles. The van der Waals surface area contributed by atoms with E-state index < -0.39 is 5.97 Å². The van der Waals surface area contributed by atoms with Crippen LogP contribution >= 0.6 is 0 Å². The normalized spacial score (nSPS) is 16.8. The summed E-state index contributed by atoms with van der Waals surface area (Å²) in [6.45, 7) is 0.704. The Labute approximate surface area is 106 Å². The van der Waals surface area contributed by atoms with Gasteiger partial charge in [0.25, 0.3) is 0 Å². The van der Waals surface area contributed by atoms with Crippen LogP contribution in [0.2, 0.25) is 0 Å². The molecule has 1 aromatic rings. The molecule has 0 radical (unpaired) electrons. The van der Waals surface area contributed by atoms with Gasteiger partial charge in [-0.15, -0.1) is 10.2 Å². The summed E-state index contributed by atoms with van der Waals surface area (Å²) in [5.41, 5.74) is 0.135. The van der Waals surface area contributed by atoms with Crippen molar-refractivity contribution in [1.82, 2.24) is 10.2 Å². The van der Waals surface area contributed by atoms with Gasteiger partial charge in [0.1, 0.15) is 5.82 Å². The topological polar surface area (TPSA) is 73.3 Å². The van der Waals surface area contributed by atoms with Gasteiger partial charge in [0.2, 0.25) is 0 Å². The van der Waals surface area contributed by atoms with E-state index in [-0.39, 0.29) is 11.3 Å². The van der Waals surface area contributed by atoms with Crippen molar-refractivity contribution in [2.75, 3.05) is 26.1 Å². The Balaban J connectivity index is 1.92. The lowest BCUT2D eigenvalue weighted by Crippen LogP contribution is -2.45. The molecule has 1 fully saturated rings. The van der Waals surface area contributed by atoms with Crippen molar-refractivity contribution in [1.29, 1.82) is 0 Å². The van der Waals surface area contributed by atoms with E-state index in [1.807, 2.05) is 0 Å². The molecular weight excluding hydrogens is 234 g/mol. The van der Waals surface area contributed by atoms with E-state index in [0.29, 0.717) is 12.4 Å². The Hall–Kier alpha value is -1.69. The summed E-state index contributed by atoms with van der Waals surface area (Å²) in [6.07, 6.45) is 3.32. The van der Waals surface area contributed by atoms with Gasteiger partial charge in [-0.3, -0.25) is 0 Å². The van der Waals surface area contributed by atoms with E-state index in [2.05, 4.69) is 20.3 Å². The summed E-state index contributed by atoms with van der Waals surface area (Å²) in [5.74, 6) is 0.146.